The molecule has 0 aromatic rings. The highest BCUT2D eigenvalue weighted by molar-refractivity contribution is 5.76. The van der Waals surface area contributed by atoms with Gasteiger partial charge in [-0.1, -0.05) is 60.1 Å². The highest BCUT2D eigenvalue weighted by atomic mass is 16.5. The summed E-state index contributed by atoms with van der Waals surface area (Å²) in [4.78, 5) is 24.8. The normalized spacial score (nSPS) is 52.5. The third kappa shape index (κ3) is 3.37. The quantitative estimate of drug-likeness (QED) is 0.319. The van der Waals surface area contributed by atoms with Gasteiger partial charge in [0.15, 0.2) is 0 Å². The molecule has 5 aliphatic rings. The van der Waals surface area contributed by atoms with Crippen molar-refractivity contribution in [1.29, 1.82) is 0 Å². The molecule has 0 aromatic carbocycles. The number of hydrogen-bond donors (Lipinski definition) is 2. The van der Waals surface area contributed by atoms with E-state index in [9.17, 15) is 19.8 Å². The molecular weight excluding hydrogens is 464 g/mol. The fourth-order valence-corrected chi connectivity index (χ4v) is 11.3. The number of fused-ring (bicyclic) bond motifs is 7. The van der Waals surface area contributed by atoms with E-state index in [1.165, 1.54) is 12.5 Å². The van der Waals surface area contributed by atoms with E-state index >= 15 is 0 Å². The molecule has 208 valence electrons. The monoisotopic (exact) mass is 514 g/mol. The minimum absolute atomic E-state index is 0.0124. The first kappa shape index (κ1) is 27.2. The van der Waals surface area contributed by atoms with Gasteiger partial charge in [0.1, 0.15) is 6.10 Å². The summed E-state index contributed by atoms with van der Waals surface area (Å²) in [5.74, 6) is 0.351. The number of carboxylic acid groups (broad SMARTS) is 1. The van der Waals surface area contributed by atoms with Gasteiger partial charge in [-0.3, -0.25) is 9.59 Å². The van der Waals surface area contributed by atoms with Gasteiger partial charge in [0.2, 0.25) is 0 Å². The molecule has 0 saturated heterocycles. The van der Waals surface area contributed by atoms with Gasteiger partial charge in [0.25, 0.3) is 0 Å². The van der Waals surface area contributed by atoms with Crippen molar-refractivity contribution in [2.75, 3.05) is 0 Å². The molecular formula is C32H50O5. The number of carboxylic acids is 1. The van der Waals surface area contributed by atoms with E-state index in [-0.39, 0.29) is 51.5 Å². The van der Waals surface area contributed by atoms with Crippen LogP contribution in [0.4, 0.5) is 0 Å². The standard InChI is InChI=1S/C32H50O5/c1-18-9-14-32(27(35)36)16-15-30(7)21(25(32)19(18)2)17-22(34)26-29(6)12-11-24(37-20(3)33)28(4,5)23(29)10-13-31(26,30)8/h17-19,22-26,34H,9-16H2,1-8H3,(H,35,36)/t18-,19+,22-,23+,24+,25+,26-,29+,30-,31-,32+/m1/s1. The first-order valence-corrected chi connectivity index (χ1v) is 14.9. The van der Waals surface area contributed by atoms with E-state index in [0.29, 0.717) is 11.8 Å². The van der Waals surface area contributed by atoms with Crippen molar-refractivity contribution < 1.29 is 24.5 Å². The summed E-state index contributed by atoms with van der Waals surface area (Å²) in [6.45, 7) is 17.8. The number of ether oxygens (including phenoxy) is 1. The molecule has 2 N–H and O–H groups in total. The predicted octanol–water partition coefficient (Wildman–Crippen LogP) is 6.63. The van der Waals surface area contributed by atoms with Gasteiger partial charge in [0, 0.05) is 18.3 Å². The number of hydrogen-bond acceptors (Lipinski definition) is 4. The van der Waals surface area contributed by atoms with E-state index in [2.05, 4.69) is 54.5 Å². The summed E-state index contributed by atoms with van der Waals surface area (Å²) in [6.07, 6.45) is 8.61. The minimum atomic E-state index is -0.703. The average molecular weight is 515 g/mol. The average Bonchev–Trinajstić information content (AvgIpc) is 2.79. The second-order valence-electron chi connectivity index (χ2n) is 15.2. The lowest BCUT2D eigenvalue weighted by Crippen LogP contribution is -2.68. The van der Waals surface area contributed by atoms with Crippen molar-refractivity contribution in [3.8, 4) is 0 Å². The molecule has 4 saturated carbocycles. The number of rotatable bonds is 2. The summed E-state index contributed by atoms with van der Waals surface area (Å²) >= 11 is 0. The first-order chi connectivity index (χ1) is 17.1. The van der Waals surface area contributed by atoms with Gasteiger partial charge in [-0.15, -0.1) is 0 Å². The summed E-state index contributed by atoms with van der Waals surface area (Å²) < 4.78 is 5.84. The largest absolute Gasteiger partial charge is 0.481 e. The maximum absolute atomic E-state index is 12.9. The molecule has 5 rings (SSSR count). The number of allylic oxidation sites excluding steroid dienone is 1. The molecule has 0 heterocycles. The fourth-order valence-electron chi connectivity index (χ4n) is 11.3. The zero-order valence-corrected chi connectivity index (χ0v) is 24.4. The molecule has 5 nitrogen and oxygen atoms in total. The second-order valence-corrected chi connectivity index (χ2v) is 15.2. The molecule has 0 unspecified atom stereocenters. The number of carbonyl (C=O) groups excluding carboxylic acids is 1. The summed E-state index contributed by atoms with van der Waals surface area (Å²) in [5.41, 5.74) is 0.0634. The molecule has 37 heavy (non-hydrogen) atoms. The van der Waals surface area contributed by atoms with Crippen molar-refractivity contribution in [2.45, 2.75) is 119 Å². The summed E-state index contributed by atoms with van der Waals surface area (Å²) in [5, 5.41) is 22.6. The van der Waals surface area contributed by atoms with Gasteiger partial charge in [-0.2, -0.15) is 0 Å². The molecule has 0 aliphatic heterocycles. The smallest absolute Gasteiger partial charge is 0.310 e. The lowest BCUT2D eigenvalue weighted by Gasteiger charge is -2.72. The van der Waals surface area contributed by atoms with Gasteiger partial charge in [0.05, 0.1) is 11.5 Å². The third-order valence-electron chi connectivity index (χ3n) is 13.6. The zero-order chi connectivity index (χ0) is 27.3. The first-order valence-electron chi connectivity index (χ1n) is 14.9. The number of aliphatic hydroxyl groups is 1. The summed E-state index contributed by atoms with van der Waals surface area (Å²) in [7, 11) is 0. The van der Waals surface area contributed by atoms with Gasteiger partial charge >= 0.3 is 11.9 Å². The fraction of sp³-hybridized carbons (Fsp3) is 0.875. The third-order valence-corrected chi connectivity index (χ3v) is 13.6. The molecule has 0 amide bonds. The lowest BCUT2D eigenvalue weighted by molar-refractivity contribution is -0.231. The van der Waals surface area contributed by atoms with E-state index in [1.807, 2.05) is 0 Å². The van der Waals surface area contributed by atoms with Crippen LogP contribution < -0.4 is 0 Å². The Bertz CT molecular complexity index is 1010. The van der Waals surface area contributed by atoms with Crippen LogP contribution in [0, 0.1) is 56.7 Å². The lowest BCUT2D eigenvalue weighted by atomic mass is 9.33. The molecule has 5 aliphatic carbocycles. The molecule has 0 bridgehead atoms. The Hall–Kier alpha value is -1.36. The Morgan fingerprint density at radius 3 is 2.24 bits per heavy atom. The predicted molar refractivity (Wildman–Crippen MR) is 144 cm³/mol. The SMILES string of the molecule is CC(=O)O[C@H]1CC[C@]2(C)[C@H]3[C@H](O)C=C4[C@@H]5[C@@H](C)[C@H](C)CC[C@]5(C(=O)O)CC[C@@]4(C)[C@]3(C)CC[C@H]2C1(C)C. The highest BCUT2D eigenvalue weighted by Crippen LogP contribution is 2.75. The molecule has 11 atom stereocenters. The van der Waals surface area contributed by atoms with Crippen LogP contribution in [0.15, 0.2) is 11.6 Å². The van der Waals surface area contributed by atoms with Crippen molar-refractivity contribution >= 4 is 11.9 Å². The van der Waals surface area contributed by atoms with Crippen LogP contribution in [0.3, 0.4) is 0 Å². The van der Waals surface area contributed by atoms with Crippen LogP contribution in [-0.4, -0.2) is 34.4 Å². The Morgan fingerprint density at radius 2 is 1.62 bits per heavy atom. The van der Waals surface area contributed by atoms with E-state index in [0.717, 1.165) is 51.4 Å². The van der Waals surface area contributed by atoms with Crippen LogP contribution in [0.2, 0.25) is 0 Å². The number of aliphatic hydroxyl groups excluding tert-OH is 1. The molecule has 0 spiro atoms. The van der Waals surface area contributed by atoms with Crippen LogP contribution in [0.1, 0.15) is 107 Å². The van der Waals surface area contributed by atoms with E-state index < -0.39 is 17.5 Å². The molecule has 4 fully saturated rings. The van der Waals surface area contributed by atoms with Crippen LogP contribution >= 0.6 is 0 Å². The Balaban J connectivity index is 1.61. The summed E-state index contributed by atoms with van der Waals surface area (Å²) in [6, 6.07) is 0. The van der Waals surface area contributed by atoms with Crippen molar-refractivity contribution in [2.24, 2.45) is 56.7 Å². The van der Waals surface area contributed by atoms with Crippen LogP contribution in [0.5, 0.6) is 0 Å². The molecule has 0 radical (unpaired) electrons. The number of aliphatic carboxylic acids is 1. The molecule has 5 heteroatoms. The van der Waals surface area contributed by atoms with Gasteiger partial charge in [-0.05, 0) is 91.3 Å². The van der Waals surface area contributed by atoms with Crippen molar-refractivity contribution in [3.63, 3.8) is 0 Å². The minimum Gasteiger partial charge on any atom is -0.481 e. The van der Waals surface area contributed by atoms with Gasteiger partial charge in [-0.25, -0.2) is 0 Å². The van der Waals surface area contributed by atoms with Crippen LogP contribution in [-0.2, 0) is 14.3 Å². The van der Waals surface area contributed by atoms with Crippen LogP contribution in [0.25, 0.3) is 0 Å². The maximum atomic E-state index is 12.9. The molecule has 0 aromatic heterocycles. The topological polar surface area (TPSA) is 83.8 Å². The Morgan fingerprint density at radius 1 is 0.946 bits per heavy atom. The van der Waals surface area contributed by atoms with Gasteiger partial charge < -0.3 is 14.9 Å². The zero-order valence-electron chi connectivity index (χ0n) is 24.4. The van der Waals surface area contributed by atoms with E-state index in [1.54, 1.807) is 0 Å². The van der Waals surface area contributed by atoms with E-state index in [4.69, 9.17) is 4.74 Å². The second kappa shape index (κ2) is 8.32. The highest BCUT2D eigenvalue weighted by Gasteiger charge is 2.71. The maximum Gasteiger partial charge on any atom is 0.310 e. The Labute approximate surface area is 223 Å². The van der Waals surface area contributed by atoms with Crippen molar-refractivity contribution in [1.82, 2.24) is 0 Å². The van der Waals surface area contributed by atoms with Crippen molar-refractivity contribution in [3.05, 3.63) is 11.6 Å². The number of carbonyl (C=O) groups is 2. The number of esters is 1. The Kier molecular flexibility index (Phi) is 6.12.